The summed E-state index contributed by atoms with van der Waals surface area (Å²) in [7, 11) is 0. The van der Waals surface area contributed by atoms with Crippen LogP contribution in [-0.2, 0) is 0 Å². The molecule has 1 aliphatic heterocycles. The van der Waals surface area contributed by atoms with Crippen LogP contribution in [0.4, 0.5) is 0 Å². The summed E-state index contributed by atoms with van der Waals surface area (Å²) >= 11 is 1.76. The normalized spacial score (nSPS) is 23.9. The van der Waals surface area contributed by atoms with Gasteiger partial charge in [0.25, 0.3) is 0 Å². The Labute approximate surface area is 65.8 Å². The molecule has 0 fully saturated rings. The van der Waals surface area contributed by atoms with Crippen molar-refractivity contribution < 1.29 is 0 Å². The third-order valence-electron chi connectivity index (χ3n) is 1.19. The van der Waals surface area contributed by atoms with Gasteiger partial charge in [0.05, 0.1) is 0 Å². The molecule has 0 spiro atoms. The zero-order chi connectivity index (χ0) is 7.23. The first kappa shape index (κ1) is 7.69. The Morgan fingerprint density at radius 3 is 3.30 bits per heavy atom. The Morgan fingerprint density at radius 2 is 2.70 bits per heavy atom. The van der Waals surface area contributed by atoms with Crippen LogP contribution in [0.1, 0.15) is 6.92 Å². The van der Waals surface area contributed by atoms with E-state index in [1.165, 1.54) is 0 Å². The van der Waals surface area contributed by atoms with Crippen molar-refractivity contribution >= 4 is 11.8 Å². The lowest BCUT2D eigenvalue weighted by atomic mass is 10.5. The summed E-state index contributed by atoms with van der Waals surface area (Å²) in [4.78, 5) is 0. The molecule has 0 saturated heterocycles. The van der Waals surface area contributed by atoms with E-state index < -0.39 is 0 Å². The number of thioether (sulfide) groups is 1. The molecule has 0 aromatic rings. The number of rotatable bonds is 3. The third-order valence-corrected chi connectivity index (χ3v) is 2.06. The van der Waals surface area contributed by atoms with E-state index in [1.54, 1.807) is 11.8 Å². The van der Waals surface area contributed by atoms with Crippen LogP contribution in [0.2, 0.25) is 0 Å². The summed E-state index contributed by atoms with van der Waals surface area (Å²) in [5.41, 5.74) is 0.371. The topological polar surface area (TPSA) is 24.1 Å². The molecule has 0 bridgehead atoms. The maximum absolute atomic E-state index is 3.29. The lowest BCUT2D eigenvalue weighted by molar-refractivity contribution is 0.658. The summed E-state index contributed by atoms with van der Waals surface area (Å²) in [5.74, 6) is 0. The second kappa shape index (κ2) is 4.41. The van der Waals surface area contributed by atoms with Gasteiger partial charge in [0.1, 0.15) is 5.50 Å². The van der Waals surface area contributed by atoms with Crippen molar-refractivity contribution in [2.45, 2.75) is 12.4 Å². The van der Waals surface area contributed by atoms with E-state index >= 15 is 0 Å². The SMILES string of the molecule is C/C=C/CNC1NC=CS1. The van der Waals surface area contributed by atoms with Gasteiger partial charge in [-0.2, -0.15) is 0 Å². The molecule has 1 unspecified atom stereocenters. The maximum atomic E-state index is 3.29. The van der Waals surface area contributed by atoms with E-state index in [4.69, 9.17) is 0 Å². The quantitative estimate of drug-likeness (QED) is 0.601. The number of nitrogens with one attached hydrogen (secondary N) is 2. The van der Waals surface area contributed by atoms with Crippen molar-refractivity contribution in [2.75, 3.05) is 6.54 Å². The zero-order valence-corrected chi connectivity index (χ0v) is 6.82. The predicted molar refractivity (Wildman–Crippen MR) is 46.5 cm³/mol. The van der Waals surface area contributed by atoms with E-state index in [2.05, 4.69) is 16.7 Å². The molecule has 0 aromatic heterocycles. The standard InChI is InChI=1S/C7H12N2S/c1-2-3-4-8-7-9-5-6-10-7/h2-3,5-9H,4H2,1H3/b3-2+. The summed E-state index contributed by atoms with van der Waals surface area (Å²) in [6.07, 6.45) is 6.10. The highest BCUT2D eigenvalue weighted by Gasteiger charge is 2.05. The van der Waals surface area contributed by atoms with Gasteiger partial charge in [-0.05, 0) is 12.3 Å². The van der Waals surface area contributed by atoms with Crippen molar-refractivity contribution in [3.8, 4) is 0 Å². The minimum absolute atomic E-state index is 0.371. The molecule has 3 heteroatoms. The summed E-state index contributed by atoms with van der Waals surface area (Å²) in [6, 6.07) is 0. The fraction of sp³-hybridized carbons (Fsp3) is 0.429. The molecule has 0 radical (unpaired) electrons. The molecule has 0 aliphatic carbocycles. The predicted octanol–water partition coefficient (Wildman–Crippen LogP) is 1.24. The monoisotopic (exact) mass is 156 g/mol. The molecule has 10 heavy (non-hydrogen) atoms. The fourth-order valence-electron chi connectivity index (χ4n) is 0.684. The molecule has 1 atom stereocenters. The van der Waals surface area contributed by atoms with Crippen LogP contribution >= 0.6 is 11.8 Å². The molecule has 0 saturated carbocycles. The van der Waals surface area contributed by atoms with Gasteiger partial charge in [-0.25, -0.2) is 0 Å². The molecule has 1 rings (SSSR count). The van der Waals surface area contributed by atoms with Gasteiger partial charge < -0.3 is 5.32 Å². The average Bonchev–Trinajstić information content (AvgIpc) is 2.41. The Bertz CT molecular complexity index is 135. The van der Waals surface area contributed by atoms with Crippen LogP contribution in [0.5, 0.6) is 0 Å². The number of allylic oxidation sites excluding steroid dienone is 1. The first-order valence-corrected chi connectivity index (χ1v) is 4.29. The van der Waals surface area contributed by atoms with E-state index in [9.17, 15) is 0 Å². The van der Waals surface area contributed by atoms with Gasteiger partial charge in [-0.3, -0.25) is 5.32 Å². The first-order chi connectivity index (χ1) is 4.93. The van der Waals surface area contributed by atoms with Gasteiger partial charge in [0.15, 0.2) is 0 Å². The third kappa shape index (κ3) is 2.45. The summed E-state index contributed by atoms with van der Waals surface area (Å²) in [6.45, 7) is 2.96. The van der Waals surface area contributed by atoms with Crippen LogP contribution in [0, 0.1) is 0 Å². The molecule has 2 nitrogen and oxygen atoms in total. The van der Waals surface area contributed by atoms with Gasteiger partial charge in [-0.15, -0.1) is 0 Å². The molecule has 56 valence electrons. The summed E-state index contributed by atoms with van der Waals surface area (Å²) in [5, 5.41) is 8.49. The molecule has 2 N–H and O–H groups in total. The van der Waals surface area contributed by atoms with Crippen molar-refractivity contribution in [3.05, 3.63) is 23.8 Å². The van der Waals surface area contributed by atoms with Gasteiger partial charge in [0, 0.05) is 12.7 Å². The van der Waals surface area contributed by atoms with Crippen LogP contribution in [0.3, 0.4) is 0 Å². The minimum Gasteiger partial charge on any atom is -0.367 e. The van der Waals surface area contributed by atoms with Crippen molar-refractivity contribution in [2.24, 2.45) is 0 Å². The molecular formula is C7H12N2S. The molecular weight excluding hydrogens is 144 g/mol. The highest BCUT2D eigenvalue weighted by molar-refractivity contribution is 8.02. The largest absolute Gasteiger partial charge is 0.367 e. The second-order valence-electron chi connectivity index (χ2n) is 1.96. The van der Waals surface area contributed by atoms with Crippen LogP contribution in [-0.4, -0.2) is 12.0 Å². The van der Waals surface area contributed by atoms with Crippen molar-refractivity contribution in [3.63, 3.8) is 0 Å². The van der Waals surface area contributed by atoms with E-state index in [0.29, 0.717) is 5.50 Å². The number of hydrogen-bond acceptors (Lipinski definition) is 3. The average molecular weight is 156 g/mol. The fourth-order valence-corrected chi connectivity index (χ4v) is 1.35. The van der Waals surface area contributed by atoms with Gasteiger partial charge in [-0.1, -0.05) is 23.9 Å². The molecule has 0 amide bonds. The summed E-state index contributed by atoms with van der Waals surface area (Å²) < 4.78 is 0. The van der Waals surface area contributed by atoms with Crippen molar-refractivity contribution in [1.29, 1.82) is 0 Å². The van der Waals surface area contributed by atoms with E-state index in [1.807, 2.05) is 24.6 Å². The van der Waals surface area contributed by atoms with Crippen molar-refractivity contribution in [1.82, 2.24) is 10.6 Å². The van der Waals surface area contributed by atoms with E-state index in [0.717, 1.165) is 6.54 Å². The first-order valence-electron chi connectivity index (χ1n) is 3.34. The maximum Gasteiger partial charge on any atom is 0.129 e. The van der Waals surface area contributed by atoms with E-state index in [-0.39, 0.29) is 0 Å². The molecule has 1 heterocycles. The van der Waals surface area contributed by atoms with Crippen LogP contribution in [0.25, 0.3) is 0 Å². The van der Waals surface area contributed by atoms with Crippen LogP contribution in [0.15, 0.2) is 23.8 Å². The Balaban J connectivity index is 2.03. The second-order valence-corrected chi connectivity index (χ2v) is 2.98. The zero-order valence-electron chi connectivity index (χ0n) is 6.00. The Morgan fingerprint density at radius 1 is 1.80 bits per heavy atom. The molecule has 1 aliphatic rings. The highest BCUT2D eigenvalue weighted by atomic mass is 32.2. The number of hydrogen-bond donors (Lipinski definition) is 2. The molecule has 0 aromatic carbocycles. The lowest BCUT2D eigenvalue weighted by Gasteiger charge is -2.09. The highest BCUT2D eigenvalue weighted by Crippen LogP contribution is 2.11. The van der Waals surface area contributed by atoms with Crippen LogP contribution < -0.4 is 10.6 Å². The van der Waals surface area contributed by atoms with Gasteiger partial charge in [0.2, 0.25) is 0 Å². The Hall–Kier alpha value is -0.410. The Kier molecular flexibility index (Phi) is 3.40. The lowest BCUT2D eigenvalue weighted by Crippen LogP contribution is -2.33. The smallest absolute Gasteiger partial charge is 0.129 e. The minimum atomic E-state index is 0.371. The van der Waals surface area contributed by atoms with Gasteiger partial charge >= 0.3 is 0 Å².